The van der Waals surface area contributed by atoms with Crippen LogP contribution in [0.15, 0.2) is 42.7 Å². The fraction of sp³-hybridized carbons (Fsp3) is 0.481. The predicted octanol–water partition coefficient (Wildman–Crippen LogP) is 5.25. The van der Waals surface area contributed by atoms with Gasteiger partial charge in [-0.25, -0.2) is 23.4 Å². The maximum Gasteiger partial charge on any atom is 0.533 e. The second-order valence-electron chi connectivity index (χ2n) is 10.8. The molecule has 1 fully saturated rings. The van der Waals surface area contributed by atoms with Gasteiger partial charge in [0.2, 0.25) is 6.79 Å². The molecule has 0 saturated carbocycles. The van der Waals surface area contributed by atoms with E-state index in [1.165, 1.54) is 10.8 Å². The molecule has 0 radical (unpaired) electrons. The van der Waals surface area contributed by atoms with Gasteiger partial charge in [-0.1, -0.05) is 32.9 Å². The molecule has 4 rings (SSSR count). The lowest BCUT2D eigenvalue weighted by Gasteiger charge is -2.23. The summed E-state index contributed by atoms with van der Waals surface area (Å²) in [7, 11) is -4.33. The highest BCUT2D eigenvalue weighted by Gasteiger charge is 2.45. The average Bonchev–Trinajstić information content (AvgIpc) is 3.53. The maximum atomic E-state index is 13.6. The monoisotopic (exact) mass is 587 g/mol. The SMILES string of the molecule is CC(C)OC(=O)OCOP(=O)(OC[C@H]1CC[C@](C#N)(c2ccc3c(N)ncnn23)O1)Oc1ccc(C(C)(C)C)cc1. The van der Waals surface area contributed by atoms with Gasteiger partial charge in [-0.15, -0.1) is 0 Å². The number of benzene rings is 1. The molecule has 0 amide bonds. The fourth-order valence-corrected chi connectivity index (χ4v) is 5.34. The highest BCUT2D eigenvalue weighted by Crippen LogP contribution is 2.51. The minimum Gasteiger partial charge on any atom is -0.432 e. The minimum atomic E-state index is -4.33. The molecule has 220 valence electrons. The van der Waals surface area contributed by atoms with E-state index in [2.05, 4.69) is 36.9 Å². The van der Waals surface area contributed by atoms with Crippen molar-refractivity contribution in [2.75, 3.05) is 19.1 Å². The Hall–Kier alpha value is -3.69. The van der Waals surface area contributed by atoms with Gasteiger partial charge in [-0.2, -0.15) is 10.4 Å². The lowest BCUT2D eigenvalue weighted by atomic mass is 9.87. The number of hydrogen-bond donors (Lipinski definition) is 1. The number of hydrogen-bond acceptors (Lipinski definition) is 12. The third-order valence-corrected chi connectivity index (χ3v) is 7.66. The molecule has 1 aliphatic rings. The number of anilines is 1. The van der Waals surface area contributed by atoms with Crippen LogP contribution in [0.5, 0.6) is 5.75 Å². The molecule has 3 aromatic rings. The molecular formula is C27H34N5O8P. The quantitative estimate of drug-likeness (QED) is 0.186. The minimum absolute atomic E-state index is 0.101. The molecule has 1 unspecified atom stereocenters. The molecule has 1 aliphatic heterocycles. The molecule has 13 nitrogen and oxygen atoms in total. The first-order valence-electron chi connectivity index (χ1n) is 13.0. The summed E-state index contributed by atoms with van der Waals surface area (Å²) < 4.78 is 47.6. The maximum absolute atomic E-state index is 13.6. The van der Waals surface area contributed by atoms with Crippen molar-refractivity contribution in [2.45, 2.75) is 70.7 Å². The lowest BCUT2D eigenvalue weighted by molar-refractivity contribution is -0.0427. The van der Waals surface area contributed by atoms with Crippen molar-refractivity contribution in [3.8, 4) is 11.8 Å². The third-order valence-electron chi connectivity index (χ3n) is 6.34. The largest absolute Gasteiger partial charge is 0.533 e. The van der Waals surface area contributed by atoms with Crippen LogP contribution < -0.4 is 10.3 Å². The number of nitrogen functional groups attached to an aromatic ring is 1. The number of phosphoric acid groups is 1. The third kappa shape index (κ3) is 7.15. The molecule has 2 N–H and O–H groups in total. The molecular weight excluding hydrogens is 553 g/mol. The van der Waals surface area contributed by atoms with Gasteiger partial charge < -0.3 is 24.5 Å². The van der Waals surface area contributed by atoms with Crippen molar-refractivity contribution in [3.63, 3.8) is 0 Å². The fourth-order valence-electron chi connectivity index (χ4n) is 4.25. The molecule has 2 aromatic heterocycles. The second-order valence-corrected chi connectivity index (χ2v) is 12.4. The van der Waals surface area contributed by atoms with Gasteiger partial charge >= 0.3 is 14.0 Å². The Labute approximate surface area is 238 Å². The number of nitrogens with zero attached hydrogens (tertiary/aromatic N) is 4. The van der Waals surface area contributed by atoms with Crippen LogP contribution in [0.4, 0.5) is 10.6 Å². The zero-order chi connectivity index (χ0) is 29.8. The van der Waals surface area contributed by atoms with E-state index in [0.29, 0.717) is 24.1 Å². The number of aromatic nitrogens is 3. The zero-order valence-corrected chi connectivity index (χ0v) is 24.5. The van der Waals surface area contributed by atoms with Crippen LogP contribution in [0.25, 0.3) is 5.52 Å². The van der Waals surface area contributed by atoms with Gasteiger partial charge in [-0.3, -0.25) is 4.52 Å². The van der Waals surface area contributed by atoms with E-state index < -0.39 is 38.6 Å². The van der Waals surface area contributed by atoms with E-state index in [4.69, 9.17) is 33.5 Å². The topological polar surface area (TPSA) is 170 Å². The summed E-state index contributed by atoms with van der Waals surface area (Å²) in [4.78, 5) is 15.7. The Morgan fingerprint density at radius 3 is 2.63 bits per heavy atom. The number of rotatable bonds is 10. The number of phosphoric ester groups is 1. The zero-order valence-electron chi connectivity index (χ0n) is 23.6. The number of nitriles is 1. The molecule has 1 saturated heterocycles. The predicted molar refractivity (Wildman–Crippen MR) is 147 cm³/mol. The van der Waals surface area contributed by atoms with Crippen LogP contribution in [0.1, 0.15) is 58.7 Å². The van der Waals surface area contributed by atoms with Crippen molar-refractivity contribution in [3.05, 3.63) is 54.0 Å². The Kier molecular flexibility index (Phi) is 8.89. The molecule has 0 bridgehead atoms. The molecule has 3 atom stereocenters. The van der Waals surface area contributed by atoms with E-state index in [0.717, 1.165) is 5.56 Å². The van der Waals surface area contributed by atoms with Crippen LogP contribution in [-0.4, -0.2) is 46.4 Å². The number of carbonyl (C=O) groups is 1. The van der Waals surface area contributed by atoms with Crippen molar-refractivity contribution in [1.29, 1.82) is 5.26 Å². The highest BCUT2D eigenvalue weighted by molar-refractivity contribution is 7.48. The Morgan fingerprint density at radius 1 is 1.24 bits per heavy atom. The Balaban J connectivity index is 1.47. The normalized spacial score (nSPS) is 20.5. The van der Waals surface area contributed by atoms with E-state index in [-0.39, 0.29) is 23.6 Å². The number of carbonyl (C=O) groups excluding carboxylic acids is 1. The van der Waals surface area contributed by atoms with Crippen molar-refractivity contribution >= 4 is 25.3 Å². The van der Waals surface area contributed by atoms with Crippen LogP contribution in [-0.2, 0) is 38.8 Å². The van der Waals surface area contributed by atoms with Crippen LogP contribution >= 0.6 is 7.82 Å². The van der Waals surface area contributed by atoms with Crippen LogP contribution in [0.3, 0.4) is 0 Å². The van der Waals surface area contributed by atoms with E-state index in [1.807, 2.05) is 12.1 Å². The summed E-state index contributed by atoms with van der Waals surface area (Å²) in [6.07, 6.45) is -0.0390. The standard InChI is InChI=1S/C27H34N5O8P/c1-18(2)38-25(33)35-17-37-41(34,40-20-8-6-19(7-9-20)26(3,4)5)36-14-21-12-13-27(15-28,39-21)23-11-10-22-24(29)30-16-31-32(22)23/h6-11,16,18,21H,12-14,17H2,1-5H3,(H2,29,30,31)/t21-,27+,41?/m1/s1. The smallest absolute Gasteiger partial charge is 0.432 e. The Bertz CT molecular complexity index is 1460. The van der Waals surface area contributed by atoms with E-state index in [1.54, 1.807) is 38.1 Å². The van der Waals surface area contributed by atoms with Crippen LogP contribution in [0, 0.1) is 11.3 Å². The van der Waals surface area contributed by atoms with Crippen molar-refractivity contribution in [1.82, 2.24) is 14.6 Å². The summed E-state index contributed by atoms with van der Waals surface area (Å²) in [5, 5.41) is 14.3. The van der Waals surface area contributed by atoms with Gasteiger partial charge in [0.15, 0.2) is 11.4 Å². The number of nitrogens with two attached hydrogens (primary N) is 1. The number of fused-ring (bicyclic) bond motifs is 1. The van der Waals surface area contributed by atoms with Crippen molar-refractivity contribution in [2.24, 2.45) is 0 Å². The Morgan fingerprint density at radius 2 is 1.98 bits per heavy atom. The van der Waals surface area contributed by atoms with Gasteiger partial charge in [0.25, 0.3) is 0 Å². The van der Waals surface area contributed by atoms with Gasteiger partial charge in [0.1, 0.15) is 23.7 Å². The number of ether oxygens (including phenoxy) is 3. The summed E-state index contributed by atoms with van der Waals surface area (Å²) in [6.45, 7) is 8.52. The first kappa shape index (κ1) is 30.3. The molecule has 0 aliphatic carbocycles. The van der Waals surface area contributed by atoms with Gasteiger partial charge in [0.05, 0.1) is 24.5 Å². The highest BCUT2D eigenvalue weighted by atomic mass is 31.2. The van der Waals surface area contributed by atoms with Gasteiger partial charge in [0, 0.05) is 0 Å². The van der Waals surface area contributed by atoms with Gasteiger partial charge in [-0.05, 0) is 61.9 Å². The second kappa shape index (κ2) is 12.0. The van der Waals surface area contributed by atoms with E-state index >= 15 is 0 Å². The van der Waals surface area contributed by atoms with Crippen molar-refractivity contribution < 1.29 is 37.1 Å². The molecule has 0 spiro atoms. The summed E-state index contributed by atoms with van der Waals surface area (Å²) in [6, 6.07) is 12.6. The summed E-state index contributed by atoms with van der Waals surface area (Å²) in [5.74, 6) is 0.490. The summed E-state index contributed by atoms with van der Waals surface area (Å²) >= 11 is 0. The molecule has 3 heterocycles. The van der Waals surface area contributed by atoms with Crippen LogP contribution in [0.2, 0.25) is 0 Å². The molecule has 1 aromatic carbocycles. The first-order chi connectivity index (χ1) is 19.3. The molecule has 14 heteroatoms. The lowest BCUT2D eigenvalue weighted by Crippen LogP contribution is -2.28. The first-order valence-corrected chi connectivity index (χ1v) is 14.5. The molecule has 41 heavy (non-hydrogen) atoms. The van der Waals surface area contributed by atoms with E-state index in [9.17, 15) is 14.6 Å². The summed E-state index contributed by atoms with van der Waals surface area (Å²) in [5.41, 5.74) is 6.55. The average molecular weight is 588 g/mol.